The number of amides is 1. The van der Waals surface area contributed by atoms with Crippen LogP contribution in [-0.4, -0.2) is 27.6 Å². The average Bonchev–Trinajstić information content (AvgIpc) is 3.15. The monoisotopic (exact) mass is 313 g/mol. The van der Waals surface area contributed by atoms with Crippen LogP contribution in [-0.2, 0) is 17.9 Å². The van der Waals surface area contributed by atoms with E-state index < -0.39 is 0 Å². The molecule has 2 heterocycles. The first-order valence-electron chi connectivity index (χ1n) is 7.32. The standard InChI is InChI=1S/C17H19N3OS/c1-13-5-3-7-16-15(13)11-18-20(16)9-8-17(21)19(2)12-14-6-4-10-22-14/h3-7,10-11H,8-9,12H2,1-2H3. The number of fused-ring (bicyclic) bond motifs is 1. The van der Waals surface area contributed by atoms with Gasteiger partial charge in [-0.3, -0.25) is 9.48 Å². The lowest BCUT2D eigenvalue weighted by atomic mass is 10.1. The molecule has 4 nitrogen and oxygen atoms in total. The highest BCUT2D eigenvalue weighted by molar-refractivity contribution is 7.09. The Bertz CT molecular complexity index is 776. The van der Waals surface area contributed by atoms with Crippen molar-refractivity contribution in [2.75, 3.05) is 7.05 Å². The molecule has 0 bridgehead atoms. The molecule has 114 valence electrons. The molecule has 0 aliphatic rings. The van der Waals surface area contributed by atoms with E-state index in [1.165, 1.54) is 10.4 Å². The van der Waals surface area contributed by atoms with Crippen LogP contribution in [0.1, 0.15) is 16.9 Å². The zero-order valence-corrected chi connectivity index (χ0v) is 13.6. The number of carbonyl (C=O) groups excluding carboxylic acids is 1. The molecule has 0 radical (unpaired) electrons. The summed E-state index contributed by atoms with van der Waals surface area (Å²) in [7, 11) is 1.85. The van der Waals surface area contributed by atoms with E-state index in [9.17, 15) is 4.79 Å². The molecule has 0 spiro atoms. The predicted molar refractivity (Wildman–Crippen MR) is 89.9 cm³/mol. The van der Waals surface area contributed by atoms with Gasteiger partial charge in [-0.2, -0.15) is 5.10 Å². The van der Waals surface area contributed by atoms with E-state index in [-0.39, 0.29) is 5.91 Å². The molecule has 0 unspecified atom stereocenters. The Morgan fingerprint density at radius 1 is 1.32 bits per heavy atom. The number of thiophene rings is 1. The first kappa shape index (κ1) is 14.8. The number of hydrogen-bond donors (Lipinski definition) is 0. The predicted octanol–water partition coefficient (Wildman–Crippen LogP) is 3.45. The molecule has 0 N–H and O–H groups in total. The van der Waals surface area contributed by atoms with Crippen LogP contribution in [0.2, 0.25) is 0 Å². The van der Waals surface area contributed by atoms with Crippen molar-refractivity contribution in [2.45, 2.75) is 26.4 Å². The molecule has 3 aromatic rings. The molecule has 0 fully saturated rings. The van der Waals surface area contributed by atoms with Crippen molar-refractivity contribution in [3.63, 3.8) is 0 Å². The van der Waals surface area contributed by atoms with Gasteiger partial charge in [-0.25, -0.2) is 0 Å². The molecular formula is C17H19N3OS. The summed E-state index contributed by atoms with van der Waals surface area (Å²) >= 11 is 1.68. The van der Waals surface area contributed by atoms with Crippen molar-refractivity contribution in [3.8, 4) is 0 Å². The topological polar surface area (TPSA) is 38.1 Å². The van der Waals surface area contributed by atoms with E-state index >= 15 is 0 Å². The maximum atomic E-state index is 12.3. The number of aryl methyl sites for hydroxylation is 2. The van der Waals surface area contributed by atoms with Crippen molar-refractivity contribution in [1.29, 1.82) is 0 Å². The smallest absolute Gasteiger partial charge is 0.224 e. The molecule has 0 aliphatic carbocycles. The van der Waals surface area contributed by atoms with E-state index in [0.29, 0.717) is 19.5 Å². The second-order valence-electron chi connectivity index (χ2n) is 5.45. The van der Waals surface area contributed by atoms with Gasteiger partial charge in [-0.05, 0) is 30.0 Å². The summed E-state index contributed by atoms with van der Waals surface area (Å²) in [5, 5.41) is 7.60. The van der Waals surface area contributed by atoms with Gasteiger partial charge in [0.2, 0.25) is 5.91 Å². The SMILES string of the molecule is Cc1cccc2c1cnn2CCC(=O)N(C)Cc1cccs1. The quantitative estimate of drug-likeness (QED) is 0.723. The minimum atomic E-state index is 0.143. The Morgan fingerprint density at radius 2 is 2.18 bits per heavy atom. The van der Waals surface area contributed by atoms with Crippen molar-refractivity contribution >= 4 is 28.1 Å². The second kappa shape index (κ2) is 6.32. The normalized spacial score (nSPS) is 11.0. The van der Waals surface area contributed by atoms with E-state index in [1.807, 2.05) is 35.4 Å². The van der Waals surface area contributed by atoms with Crippen LogP contribution >= 0.6 is 11.3 Å². The Balaban J connectivity index is 1.63. The minimum absolute atomic E-state index is 0.143. The first-order valence-corrected chi connectivity index (χ1v) is 8.20. The van der Waals surface area contributed by atoms with Crippen LogP contribution in [0.4, 0.5) is 0 Å². The third kappa shape index (κ3) is 3.04. The highest BCUT2D eigenvalue weighted by atomic mass is 32.1. The molecule has 0 saturated heterocycles. The third-order valence-corrected chi connectivity index (χ3v) is 4.70. The van der Waals surface area contributed by atoms with Crippen LogP contribution in [0.5, 0.6) is 0 Å². The summed E-state index contributed by atoms with van der Waals surface area (Å²) in [6.07, 6.45) is 2.34. The van der Waals surface area contributed by atoms with Crippen LogP contribution < -0.4 is 0 Å². The van der Waals surface area contributed by atoms with Gasteiger partial charge in [0.1, 0.15) is 0 Å². The largest absolute Gasteiger partial charge is 0.341 e. The molecule has 3 rings (SSSR count). The van der Waals surface area contributed by atoms with Gasteiger partial charge in [0.25, 0.3) is 0 Å². The van der Waals surface area contributed by atoms with E-state index in [0.717, 1.165) is 10.9 Å². The molecule has 0 atom stereocenters. The number of benzene rings is 1. The summed E-state index contributed by atoms with van der Waals surface area (Å²) < 4.78 is 1.92. The average molecular weight is 313 g/mol. The van der Waals surface area contributed by atoms with E-state index in [2.05, 4.69) is 30.2 Å². The molecule has 0 saturated carbocycles. The number of hydrogen-bond acceptors (Lipinski definition) is 3. The van der Waals surface area contributed by atoms with Crippen LogP contribution in [0.3, 0.4) is 0 Å². The first-order chi connectivity index (χ1) is 10.6. The van der Waals surface area contributed by atoms with E-state index in [1.54, 1.807) is 16.2 Å². The molecule has 2 aromatic heterocycles. The van der Waals surface area contributed by atoms with Crippen molar-refractivity contribution < 1.29 is 4.79 Å². The fourth-order valence-electron chi connectivity index (χ4n) is 2.54. The Morgan fingerprint density at radius 3 is 2.95 bits per heavy atom. The van der Waals surface area contributed by atoms with Gasteiger partial charge in [0.15, 0.2) is 0 Å². The van der Waals surface area contributed by atoms with Gasteiger partial charge in [0.05, 0.1) is 24.8 Å². The lowest BCUT2D eigenvalue weighted by molar-refractivity contribution is -0.130. The van der Waals surface area contributed by atoms with Gasteiger partial charge < -0.3 is 4.90 Å². The zero-order valence-electron chi connectivity index (χ0n) is 12.8. The van der Waals surface area contributed by atoms with E-state index in [4.69, 9.17) is 0 Å². The van der Waals surface area contributed by atoms with Gasteiger partial charge in [0, 0.05) is 23.7 Å². The van der Waals surface area contributed by atoms with Crippen LogP contribution in [0, 0.1) is 6.92 Å². The number of carbonyl (C=O) groups is 1. The zero-order chi connectivity index (χ0) is 15.5. The molecule has 22 heavy (non-hydrogen) atoms. The fourth-order valence-corrected chi connectivity index (χ4v) is 3.30. The van der Waals surface area contributed by atoms with Gasteiger partial charge >= 0.3 is 0 Å². The second-order valence-corrected chi connectivity index (χ2v) is 6.49. The summed E-state index contributed by atoms with van der Waals surface area (Å²) in [5.41, 5.74) is 2.30. The summed E-state index contributed by atoms with van der Waals surface area (Å²) in [5.74, 6) is 0.143. The molecular weight excluding hydrogens is 294 g/mol. The highest BCUT2D eigenvalue weighted by Crippen LogP contribution is 2.18. The van der Waals surface area contributed by atoms with Crippen molar-refractivity contribution in [3.05, 3.63) is 52.3 Å². The fraction of sp³-hybridized carbons (Fsp3) is 0.294. The molecule has 1 amide bonds. The highest BCUT2D eigenvalue weighted by Gasteiger charge is 2.11. The summed E-state index contributed by atoms with van der Waals surface area (Å²) in [6, 6.07) is 10.2. The molecule has 1 aromatic carbocycles. The van der Waals surface area contributed by atoms with Crippen LogP contribution in [0.25, 0.3) is 10.9 Å². The van der Waals surface area contributed by atoms with Crippen molar-refractivity contribution in [1.82, 2.24) is 14.7 Å². The Labute approximate surface area is 134 Å². The number of nitrogens with zero attached hydrogens (tertiary/aromatic N) is 3. The minimum Gasteiger partial charge on any atom is -0.341 e. The van der Waals surface area contributed by atoms with Gasteiger partial charge in [-0.1, -0.05) is 18.2 Å². The van der Waals surface area contributed by atoms with Crippen LogP contribution in [0.15, 0.2) is 41.9 Å². The Hall–Kier alpha value is -2.14. The lowest BCUT2D eigenvalue weighted by Crippen LogP contribution is -2.26. The third-order valence-electron chi connectivity index (χ3n) is 3.84. The summed E-state index contributed by atoms with van der Waals surface area (Å²) in [4.78, 5) is 15.2. The van der Waals surface area contributed by atoms with Crippen molar-refractivity contribution in [2.24, 2.45) is 0 Å². The molecule has 0 aliphatic heterocycles. The number of aromatic nitrogens is 2. The Kier molecular flexibility index (Phi) is 4.24. The number of rotatable bonds is 5. The summed E-state index contributed by atoms with van der Waals surface area (Å²) in [6.45, 7) is 3.37. The molecule has 5 heteroatoms. The van der Waals surface area contributed by atoms with Gasteiger partial charge in [-0.15, -0.1) is 11.3 Å². The maximum Gasteiger partial charge on any atom is 0.224 e. The lowest BCUT2D eigenvalue weighted by Gasteiger charge is -2.16. The maximum absolute atomic E-state index is 12.3.